The van der Waals surface area contributed by atoms with Crippen molar-refractivity contribution in [3.63, 3.8) is 0 Å². The molecular weight excluding hydrogens is 256 g/mol. The number of likely N-dealkylation sites (tertiary alicyclic amines) is 2. The average molecular weight is 293 g/mol. The number of hydrogen-bond donors (Lipinski definition) is 0. The van der Waals surface area contributed by atoms with Gasteiger partial charge in [0.2, 0.25) is 0 Å². The minimum absolute atomic E-state index is 0.491. The van der Waals surface area contributed by atoms with Crippen LogP contribution in [0.5, 0.6) is 0 Å². The Morgan fingerprint density at radius 1 is 1.14 bits per heavy atom. The fraction of sp³-hybridized carbons (Fsp3) is 0.895. The van der Waals surface area contributed by atoms with Crippen molar-refractivity contribution in [3.8, 4) is 0 Å². The van der Waals surface area contributed by atoms with Gasteiger partial charge >= 0.3 is 0 Å². The summed E-state index contributed by atoms with van der Waals surface area (Å²) in [6.07, 6.45) is 5.44. The fourth-order valence-electron chi connectivity index (χ4n) is 3.84. The van der Waals surface area contributed by atoms with Crippen LogP contribution in [-0.2, 0) is 0 Å². The van der Waals surface area contributed by atoms with Gasteiger partial charge in [-0.1, -0.05) is 41.2 Å². The van der Waals surface area contributed by atoms with Gasteiger partial charge in [-0.15, -0.1) is 0 Å². The second-order valence-electron chi connectivity index (χ2n) is 9.01. The van der Waals surface area contributed by atoms with Gasteiger partial charge < -0.3 is 9.80 Å². The minimum atomic E-state index is 0.491. The first-order valence-corrected chi connectivity index (χ1v) is 8.87. The monoisotopic (exact) mass is 292 g/mol. The maximum atomic E-state index is 4.26. The van der Waals surface area contributed by atoms with Gasteiger partial charge in [-0.3, -0.25) is 0 Å². The molecule has 0 aliphatic carbocycles. The maximum absolute atomic E-state index is 4.26. The molecule has 0 aromatic rings. The van der Waals surface area contributed by atoms with Crippen molar-refractivity contribution < 1.29 is 0 Å². The van der Waals surface area contributed by atoms with Gasteiger partial charge in [-0.05, 0) is 49.0 Å². The molecule has 2 heteroatoms. The van der Waals surface area contributed by atoms with Gasteiger partial charge in [0.25, 0.3) is 0 Å². The number of hydrogen-bond acceptors (Lipinski definition) is 2. The zero-order valence-corrected chi connectivity index (χ0v) is 15.0. The lowest BCUT2D eigenvalue weighted by Gasteiger charge is -2.55. The van der Waals surface area contributed by atoms with Crippen LogP contribution in [0.25, 0.3) is 0 Å². The molecule has 2 aliphatic heterocycles. The molecule has 2 saturated heterocycles. The lowest BCUT2D eigenvalue weighted by atomic mass is 9.71. The van der Waals surface area contributed by atoms with Gasteiger partial charge in [-0.25, -0.2) is 0 Å². The highest BCUT2D eigenvalue weighted by Crippen LogP contribution is 2.41. The SMILES string of the molecule is C=C(C(C)C)N1CCC2(CC1)CN(CCCC(C)(C)C)C2. The Morgan fingerprint density at radius 3 is 2.19 bits per heavy atom. The predicted molar refractivity (Wildman–Crippen MR) is 92.3 cm³/mol. The molecular formula is C19H36N2. The van der Waals surface area contributed by atoms with Crippen LogP contribution in [0.3, 0.4) is 0 Å². The summed E-state index contributed by atoms with van der Waals surface area (Å²) in [5.74, 6) is 0.592. The quantitative estimate of drug-likeness (QED) is 0.742. The third kappa shape index (κ3) is 4.48. The van der Waals surface area contributed by atoms with E-state index in [1.165, 1.54) is 64.1 Å². The second kappa shape index (κ2) is 6.32. The smallest absolute Gasteiger partial charge is 0.0181 e. The fourth-order valence-corrected chi connectivity index (χ4v) is 3.84. The van der Waals surface area contributed by atoms with Gasteiger partial charge in [0.1, 0.15) is 0 Å². The third-order valence-corrected chi connectivity index (χ3v) is 5.42. The summed E-state index contributed by atoms with van der Waals surface area (Å²) in [4.78, 5) is 5.21. The lowest BCUT2D eigenvalue weighted by Crippen LogP contribution is -2.60. The van der Waals surface area contributed by atoms with E-state index >= 15 is 0 Å². The molecule has 21 heavy (non-hydrogen) atoms. The summed E-state index contributed by atoms with van der Waals surface area (Å²) in [6.45, 7) is 22.3. The predicted octanol–water partition coefficient (Wildman–Crippen LogP) is 4.38. The van der Waals surface area contributed by atoms with E-state index in [0.717, 1.165) is 0 Å². The van der Waals surface area contributed by atoms with Crippen molar-refractivity contribution in [2.75, 3.05) is 32.7 Å². The van der Waals surface area contributed by atoms with Crippen LogP contribution < -0.4 is 0 Å². The molecule has 2 aliphatic rings. The zero-order chi connectivity index (χ0) is 15.7. The number of allylic oxidation sites excluding steroid dienone is 1. The van der Waals surface area contributed by atoms with E-state index < -0.39 is 0 Å². The molecule has 0 radical (unpaired) electrons. The molecule has 0 amide bonds. The van der Waals surface area contributed by atoms with E-state index in [9.17, 15) is 0 Å². The topological polar surface area (TPSA) is 6.48 Å². The van der Waals surface area contributed by atoms with Crippen LogP contribution in [0.2, 0.25) is 0 Å². The van der Waals surface area contributed by atoms with E-state index in [-0.39, 0.29) is 0 Å². The van der Waals surface area contributed by atoms with Crippen LogP contribution in [-0.4, -0.2) is 42.5 Å². The van der Waals surface area contributed by atoms with Crippen molar-refractivity contribution in [3.05, 3.63) is 12.3 Å². The molecule has 2 nitrogen and oxygen atoms in total. The van der Waals surface area contributed by atoms with Crippen molar-refractivity contribution in [1.29, 1.82) is 0 Å². The first kappa shape index (κ1) is 16.9. The molecule has 122 valence electrons. The lowest BCUT2D eigenvalue weighted by molar-refractivity contribution is -0.0432. The molecule has 0 atom stereocenters. The summed E-state index contributed by atoms with van der Waals surface area (Å²) in [5, 5.41) is 0. The number of nitrogens with zero attached hydrogens (tertiary/aromatic N) is 2. The van der Waals surface area contributed by atoms with Crippen LogP contribution in [0.4, 0.5) is 0 Å². The highest BCUT2D eigenvalue weighted by atomic mass is 15.2. The summed E-state index contributed by atoms with van der Waals surface area (Å²) >= 11 is 0. The molecule has 2 fully saturated rings. The van der Waals surface area contributed by atoms with E-state index in [2.05, 4.69) is 51.0 Å². The van der Waals surface area contributed by atoms with Crippen molar-refractivity contribution in [2.45, 2.75) is 60.3 Å². The van der Waals surface area contributed by atoms with Crippen LogP contribution in [0.1, 0.15) is 60.3 Å². The van der Waals surface area contributed by atoms with Gasteiger partial charge in [0.15, 0.2) is 0 Å². The summed E-state index contributed by atoms with van der Waals surface area (Å²) in [5.41, 5.74) is 2.48. The Labute approximate surface area is 132 Å². The van der Waals surface area contributed by atoms with Crippen LogP contribution >= 0.6 is 0 Å². The molecule has 0 N–H and O–H groups in total. The molecule has 1 spiro atoms. The number of piperidine rings is 1. The largest absolute Gasteiger partial charge is 0.375 e. The molecule has 0 unspecified atom stereocenters. The van der Waals surface area contributed by atoms with E-state index in [1.807, 2.05) is 0 Å². The molecule has 0 bridgehead atoms. The van der Waals surface area contributed by atoms with Crippen molar-refractivity contribution in [2.24, 2.45) is 16.7 Å². The maximum Gasteiger partial charge on any atom is 0.0181 e. The van der Waals surface area contributed by atoms with Gasteiger partial charge in [0.05, 0.1) is 0 Å². The van der Waals surface area contributed by atoms with Gasteiger partial charge in [0, 0.05) is 31.9 Å². The van der Waals surface area contributed by atoms with Crippen LogP contribution in [0, 0.1) is 16.7 Å². The third-order valence-electron chi connectivity index (χ3n) is 5.42. The second-order valence-corrected chi connectivity index (χ2v) is 9.01. The summed E-state index contributed by atoms with van der Waals surface area (Å²) in [7, 11) is 0. The van der Waals surface area contributed by atoms with E-state index in [4.69, 9.17) is 0 Å². The first-order valence-electron chi connectivity index (χ1n) is 8.87. The van der Waals surface area contributed by atoms with E-state index in [0.29, 0.717) is 16.7 Å². The molecule has 0 saturated carbocycles. The number of rotatable bonds is 5. The Morgan fingerprint density at radius 2 is 1.71 bits per heavy atom. The van der Waals surface area contributed by atoms with Crippen molar-refractivity contribution in [1.82, 2.24) is 9.80 Å². The zero-order valence-electron chi connectivity index (χ0n) is 15.0. The summed E-state index contributed by atoms with van der Waals surface area (Å²) < 4.78 is 0. The average Bonchev–Trinajstić information content (AvgIpc) is 2.35. The van der Waals surface area contributed by atoms with E-state index in [1.54, 1.807) is 0 Å². The Bertz CT molecular complexity index is 348. The highest BCUT2D eigenvalue weighted by Gasteiger charge is 2.44. The Kier molecular flexibility index (Phi) is 5.07. The molecule has 0 aromatic carbocycles. The van der Waals surface area contributed by atoms with Crippen molar-refractivity contribution >= 4 is 0 Å². The molecule has 2 rings (SSSR count). The molecule has 0 aromatic heterocycles. The van der Waals surface area contributed by atoms with Gasteiger partial charge in [-0.2, -0.15) is 0 Å². The molecule has 2 heterocycles. The Hall–Kier alpha value is -0.500. The Balaban J connectivity index is 1.67. The first-order chi connectivity index (χ1) is 9.71. The minimum Gasteiger partial charge on any atom is -0.375 e. The summed E-state index contributed by atoms with van der Waals surface area (Å²) in [6, 6.07) is 0. The van der Waals surface area contributed by atoms with Crippen LogP contribution in [0.15, 0.2) is 12.3 Å². The normalized spacial score (nSPS) is 22.7. The highest BCUT2D eigenvalue weighted by molar-refractivity contribution is 5.04. The standard InChI is InChI=1S/C19H36N2/c1-16(2)17(3)21-12-9-19(10-13-21)14-20(15-19)11-7-8-18(4,5)6/h16H,3,7-15H2,1-2,4-6H3.